The molecular formula is C21H34IN5O2. The molecule has 0 bridgehead atoms. The van der Waals surface area contributed by atoms with E-state index in [4.69, 9.17) is 9.47 Å². The molecule has 0 radical (unpaired) electrons. The molecule has 1 aliphatic heterocycles. The Bertz CT molecular complexity index is 772. The van der Waals surface area contributed by atoms with Gasteiger partial charge in [-0.1, -0.05) is 12.1 Å². The number of guanidine groups is 1. The van der Waals surface area contributed by atoms with Crippen molar-refractivity contribution in [1.82, 2.24) is 19.8 Å². The molecule has 29 heavy (non-hydrogen) atoms. The maximum atomic E-state index is 5.95. The summed E-state index contributed by atoms with van der Waals surface area (Å²) < 4.78 is 13.3. The number of aliphatic imine (C=N–C) groups is 1. The third-order valence-electron chi connectivity index (χ3n) is 5.26. The Balaban J connectivity index is 0.00000300. The molecule has 2 heterocycles. The number of likely N-dealkylation sites (tertiary alicyclic amines) is 1. The molecular weight excluding hydrogens is 481 g/mol. The molecule has 1 aliphatic rings. The van der Waals surface area contributed by atoms with Crippen LogP contribution in [0.3, 0.4) is 0 Å². The second kappa shape index (κ2) is 12.3. The van der Waals surface area contributed by atoms with E-state index in [0.717, 1.165) is 76.0 Å². The highest BCUT2D eigenvalue weighted by molar-refractivity contribution is 14.0. The molecule has 1 aromatic heterocycles. The molecule has 1 saturated heterocycles. The molecule has 1 N–H and O–H groups in total. The molecule has 0 amide bonds. The molecule has 0 saturated carbocycles. The molecule has 0 aliphatic carbocycles. The van der Waals surface area contributed by atoms with Crippen LogP contribution < -0.4 is 5.32 Å². The summed E-state index contributed by atoms with van der Waals surface area (Å²) in [6.45, 7) is 7.24. The average Bonchev–Trinajstić information content (AvgIpc) is 3.04. The third kappa shape index (κ3) is 6.55. The van der Waals surface area contributed by atoms with E-state index in [-0.39, 0.29) is 24.0 Å². The first-order valence-electron chi connectivity index (χ1n) is 10.2. The topological polar surface area (TPSA) is 63.9 Å². The number of methoxy groups -OCH3 is 1. The standard InChI is InChI=1S/C21H33N5O2.HI/c1-17-24-19-7-4-5-8-20(19)26(17)14-11-23-21(22-2)25-12-9-18(10-13-25)28-16-6-15-27-3;/h4-5,7-8,18H,6,9-16H2,1-3H3,(H,22,23);1H. The number of nitrogens with zero attached hydrogens (tertiary/aromatic N) is 4. The number of benzene rings is 1. The summed E-state index contributed by atoms with van der Waals surface area (Å²) in [5.74, 6) is 2.02. The van der Waals surface area contributed by atoms with Crippen LogP contribution in [-0.4, -0.2) is 73.5 Å². The molecule has 0 spiro atoms. The maximum Gasteiger partial charge on any atom is 0.193 e. The van der Waals surface area contributed by atoms with Crippen LogP contribution in [0.5, 0.6) is 0 Å². The summed E-state index contributed by atoms with van der Waals surface area (Å²) in [5.41, 5.74) is 2.24. The highest BCUT2D eigenvalue weighted by Crippen LogP contribution is 2.16. The number of aryl methyl sites for hydroxylation is 1. The SMILES string of the molecule is CN=C(NCCn1c(C)nc2ccccc21)N1CCC(OCCCOC)CC1.I. The number of piperidine rings is 1. The van der Waals surface area contributed by atoms with Crippen LogP contribution in [0.15, 0.2) is 29.3 Å². The van der Waals surface area contributed by atoms with Crippen LogP contribution in [0.25, 0.3) is 11.0 Å². The predicted octanol–water partition coefficient (Wildman–Crippen LogP) is 3.06. The molecule has 3 rings (SSSR count). The van der Waals surface area contributed by atoms with Crippen molar-refractivity contribution in [2.45, 2.75) is 38.8 Å². The summed E-state index contributed by atoms with van der Waals surface area (Å²) >= 11 is 0. The van der Waals surface area contributed by atoms with E-state index in [0.29, 0.717) is 6.10 Å². The minimum atomic E-state index is 0. The minimum absolute atomic E-state index is 0. The van der Waals surface area contributed by atoms with Gasteiger partial charge < -0.3 is 24.3 Å². The van der Waals surface area contributed by atoms with Gasteiger partial charge in [-0.3, -0.25) is 4.99 Å². The van der Waals surface area contributed by atoms with Gasteiger partial charge in [0.2, 0.25) is 0 Å². The number of para-hydroxylation sites is 2. The van der Waals surface area contributed by atoms with Crippen LogP contribution in [-0.2, 0) is 16.0 Å². The van der Waals surface area contributed by atoms with Gasteiger partial charge in [0.15, 0.2) is 5.96 Å². The summed E-state index contributed by atoms with van der Waals surface area (Å²) in [6.07, 6.45) is 3.39. The van der Waals surface area contributed by atoms with Crippen LogP contribution in [0.1, 0.15) is 25.1 Å². The second-order valence-electron chi connectivity index (χ2n) is 7.18. The molecule has 7 nitrogen and oxygen atoms in total. The van der Waals surface area contributed by atoms with Crippen molar-refractivity contribution in [1.29, 1.82) is 0 Å². The number of hydrogen-bond donors (Lipinski definition) is 1. The lowest BCUT2D eigenvalue weighted by Crippen LogP contribution is -2.47. The lowest BCUT2D eigenvalue weighted by molar-refractivity contribution is 0.00991. The largest absolute Gasteiger partial charge is 0.385 e. The average molecular weight is 515 g/mol. The Morgan fingerprint density at radius 3 is 2.72 bits per heavy atom. The maximum absolute atomic E-state index is 5.95. The Hall–Kier alpha value is -1.39. The molecule has 2 aromatic rings. The van der Waals surface area contributed by atoms with Gasteiger partial charge in [0.05, 0.1) is 17.1 Å². The zero-order chi connectivity index (χ0) is 19.8. The Labute approximate surface area is 190 Å². The molecule has 0 unspecified atom stereocenters. The summed E-state index contributed by atoms with van der Waals surface area (Å²) in [7, 11) is 3.58. The smallest absolute Gasteiger partial charge is 0.193 e. The van der Waals surface area contributed by atoms with E-state index in [1.807, 2.05) is 13.1 Å². The van der Waals surface area contributed by atoms with E-state index < -0.39 is 0 Å². The monoisotopic (exact) mass is 515 g/mol. The highest BCUT2D eigenvalue weighted by atomic mass is 127. The van der Waals surface area contributed by atoms with Crippen LogP contribution in [0, 0.1) is 6.92 Å². The van der Waals surface area contributed by atoms with Crippen molar-refractivity contribution in [2.24, 2.45) is 4.99 Å². The first kappa shape index (κ1) is 23.9. The van der Waals surface area contributed by atoms with Gasteiger partial charge in [-0.2, -0.15) is 0 Å². The molecule has 162 valence electrons. The number of fused-ring (bicyclic) bond motifs is 1. The molecule has 1 aromatic carbocycles. The van der Waals surface area contributed by atoms with Crippen LogP contribution >= 0.6 is 24.0 Å². The van der Waals surface area contributed by atoms with Crippen LogP contribution in [0.2, 0.25) is 0 Å². The first-order chi connectivity index (χ1) is 13.7. The zero-order valence-corrected chi connectivity index (χ0v) is 20.1. The first-order valence-corrected chi connectivity index (χ1v) is 10.2. The fourth-order valence-corrected chi connectivity index (χ4v) is 3.78. The van der Waals surface area contributed by atoms with Crippen molar-refractivity contribution in [3.05, 3.63) is 30.1 Å². The number of halogens is 1. The van der Waals surface area contributed by atoms with E-state index in [1.165, 1.54) is 5.52 Å². The van der Waals surface area contributed by atoms with Gasteiger partial charge in [-0.15, -0.1) is 24.0 Å². The number of nitrogens with one attached hydrogen (secondary N) is 1. The predicted molar refractivity (Wildman–Crippen MR) is 128 cm³/mol. The number of ether oxygens (including phenoxy) is 2. The fourth-order valence-electron chi connectivity index (χ4n) is 3.78. The Kier molecular flexibility index (Phi) is 10.2. The molecule has 8 heteroatoms. The van der Waals surface area contributed by atoms with Gasteiger partial charge in [-0.05, 0) is 38.3 Å². The lowest BCUT2D eigenvalue weighted by Gasteiger charge is -2.34. The third-order valence-corrected chi connectivity index (χ3v) is 5.26. The second-order valence-corrected chi connectivity index (χ2v) is 7.18. The van der Waals surface area contributed by atoms with E-state index in [9.17, 15) is 0 Å². The van der Waals surface area contributed by atoms with E-state index in [1.54, 1.807) is 7.11 Å². The van der Waals surface area contributed by atoms with Gasteiger partial charge in [0, 0.05) is 53.6 Å². The zero-order valence-electron chi connectivity index (χ0n) is 17.8. The summed E-state index contributed by atoms with van der Waals surface area (Å²) in [6, 6.07) is 8.28. The summed E-state index contributed by atoms with van der Waals surface area (Å²) in [5, 5.41) is 3.51. The summed E-state index contributed by atoms with van der Waals surface area (Å²) in [4.78, 5) is 11.4. The van der Waals surface area contributed by atoms with Gasteiger partial charge in [0.25, 0.3) is 0 Å². The van der Waals surface area contributed by atoms with Crippen molar-refractivity contribution < 1.29 is 9.47 Å². The highest BCUT2D eigenvalue weighted by Gasteiger charge is 2.21. The quantitative estimate of drug-likeness (QED) is 0.254. The van der Waals surface area contributed by atoms with Crippen molar-refractivity contribution in [3.8, 4) is 0 Å². The molecule has 1 fully saturated rings. The van der Waals surface area contributed by atoms with Crippen LogP contribution in [0.4, 0.5) is 0 Å². The fraction of sp³-hybridized carbons (Fsp3) is 0.619. The minimum Gasteiger partial charge on any atom is -0.385 e. The van der Waals surface area contributed by atoms with Crippen molar-refractivity contribution >= 4 is 41.0 Å². The number of imidazole rings is 1. The lowest BCUT2D eigenvalue weighted by atomic mass is 10.1. The van der Waals surface area contributed by atoms with Gasteiger partial charge in [-0.25, -0.2) is 4.98 Å². The number of aromatic nitrogens is 2. The number of rotatable bonds is 8. The normalized spacial score (nSPS) is 15.6. The van der Waals surface area contributed by atoms with E-state index >= 15 is 0 Å². The van der Waals surface area contributed by atoms with E-state index in [2.05, 4.69) is 49.9 Å². The molecule has 0 atom stereocenters. The van der Waals surface area contributed by atoms with Crippen molar-refractivity contribution in [2.75, 3.05) is 47.0 Å². The Morgan fingerprint density at radius 1 is 1.24 bits per heavy atom. The van der Waals surface area contributed by atoms with Gasteiger partial charge >= 0.3 is 0 Å². The van der Waals surface area contributed by atoms with Crippen molar-refractivity contribution in [3.63, 3.8) is 0 Å². The van der Waals surface area contributed by atoms with Gasteiger partial charge in [0.1, 0.15) is 5.82 Å². The Morgan fingerprint density at radius 2 is 2.00 bits per heavy atom. The number of hydrogen-bond acceptors (Lipinski definition) is 4.